The lowest BCUT2D eigenvalue weighted by Crippen LogP contribution is -2.52. The molecular weight excluding hydrogens is 587 g/mol. The van der Waals surface area contributed by atoms with Crippen LogP contribution in [0.3, 0.4) is 0 Å². The summed E-state index contributed by atoms with van der Waals surface area (Å²) in [5, 5.41) is 4.26. The molecule has 8 rings (SSSR count). The third kappa shape index (κ3) is 4.05. The first-order valence-electron chi connectivity index (χ1n) is 14.4. The van der Waals surface area contributed by atoms with Crippen LogP contribution in [0.4, 0.5) is 24.1 Å². The van der Waals surface area contributed by atoms with E-state index in [2.05, 4.69) is 25.1 Å². The largest absolute Gasteiger partial charge is 0.461 e. The molecule has 42 heavy (non-hydrogen) atoms. The molecule has 2 bridgehead atoms. The van der Waals surface area contributed by atoms with E-state index in [4.69, 9.17) is 27.1 Å². The van der Waals surface area contributed by atoms with Gasteiger partial charge in [-0.2, -0.15) is 9.97 Å². The second-order valence-corrected chi connectivity index (χ2v) is 13.4. The number of hydrogen-bond acceptors (Lipinski definition) is 9. The zero-order valence-corrected chi connectivity index (χ0v) is 24.2. The molecule has 4 saturated heterocycles. The van der Waals surface area contributed by atoms with Gasteiger partial charge in [0.15, 0.2) is 10.9 Å². The Balaban J connectivity index is 1.29. The molecule has 0 spiro atoms. The maximum absolute atomic E-state index is 16.7. The Labute approximate surface area is 249 Å². The predicted molar refractivity (Wildman–Crippen MR) is 158 cm³/mol. The molecule has 0 amide bonds. The number of halogens is 4. The first-order valence-corrected chi connectivity index (χ1v) is 15.6. The molecular formula is C29H29ClF3N7OS. The molecule has 6 heterocycles. The van der Waals surface area contributed by atoms with Crippen molar-refractivity contribution >= 4 is 55.0 Å². The molecule has 0 aliphatic carbocycles. The van der Waals surface area contributed by atoms with E-state index in [0.717, 1.165) is 56.7 Å². The first kappa shape index (κ1) is 26.7. The smallest absolute Gasteiger partial charge is 0.319 e. The van der Waals surface area contributed by atoms with Crippen molar-refractivity contribution in [2.75, 3.05) is 43.4 Å². The van der Waals surface area contributed by atoms with Gasteiger partial charge < -0.3 is 20.7 Å². The maximum Gasteiger partial charge on any atom is 0.319 e. The molecule has 220 valence electrons. The van der Waals surface area contributed by atoms with Crippen molar-refractivity contribution in [3.8, 4) is 17.1 Å². The highest BCUT2D eigenvalue weighted by atomic mass is 35.5. The molecule has 4 aliphatic rings. The summed E-state index contributed by atoms with van der Waals surface area (Å²) in [7, 11) is 0. The van der Waals surface area contributed by atoms with Crippen LogP contribution in [0, 0.1) is 11.6 Å². The second-order valence-electron chi connectivity index (χ2n) is 11.9. The standard InChI is InChI=1S/C29H29ClF3N7OS/c30-19-8-18-23(22(33)21(19)17-4-5-20(32)25-24(17)36-27(34)42-25)37-28(38-26(18)40-15-2-3-16(40)11-35-10-15)41-13-29-6-1-7-39(29)12-14(31)9-29/h4-5,8,14-16,35H,1-3,6-7,9-13H2,(H2,34,36)/t14-,15-,16+,29+/m1/s1. The lowest BCUT2D eigenvalue weighted by atomic mass is 9.95. The number of nitrogen functional groups attached to an aromatic ring is 1. The Bertz CT molecular complexity index is 1720. The van der Waals surface area contributed by atoms with Gasteiger partial charge in [0.05, 0.1) is 20.8 Å². The molecule has 13 heteroatoms. The summed E-state index contributed by atoms with van der Waals surface area (Å²) in [4.78, 5) is 18.1. The summed E-state index contributed by atoms with van der Waals surface area (Å²) < 4.78 is 52.2. The van der Waals surface area contributed by atoms with Crippen molar-refractivity contribution < 1.29 is 17.9 Å². The number of fused-ring (bicyclic) bond motifs is 5. The van der Waals surface area contributed by atoms with E-state index in [9.17, 15) is 8.78 Å². The number of aromatic nitrogens is 3. The number of nitrogens with two attached hydrogens (primary N) is 1. The monoisotopic (exact) mass is 615 g/mol. The minimum Gasteiger partial charge on any atom is -0.461 e. The third-order valence-corrected chi connectivity index (χ3v) is 10.7. The van der Waals surface area contributed by atoms with Crippen LogP contribution < -0.4 is 20.7 Å². The van der Waals surface area contributed by atoms with Gasteiger partial charge in [-0.15, -0.1) is 0 Å². The van der Waals surface area contributed by atoms with Crippen molar-refractivity contribution in [1.82, 2.24) is 25.2 Å². The normalized spacial score (nSPS) is 27.4. The molecule has 4 fully saturated rings. The summed E-state index contributed by atoms with van der Waals surface area (Å²) in [5.74, 6) is -0.579. The molecule has 2 aromatic heterocycles. The van der Waals surface area contributed by atoms with Gasteiger partial charge in [-0.1, -0.05) is 22.9 Å². The fraction of sp³-hybridized carbons (Fsp3) is 0.483. The molecule has 4 atom stereocenters. The van der Waals surface area contributed by atoms with Crippen molar-refractivity contribution in [3.63, 3.8) is 0 Å². The number of ether oxygens (including phenoxy) is 1. The fourth-order valence-electron chi connectivity index (χ4n) is 7.63. The second kappa shape index (κ2) is 9.80. The quantitative estimate of drug-likeness (QED) is 0.312. The zero-order valence-electron chi connectivity index (χ0n) is 22.7. The summed E-state index contributed by atoms with van der Waals surface area (Å²) in [6, 6.07) is 4.84. The molecule has 0 saturated carbocycles. The van der Waals surface area contributed by atoms with Crippen LogP contribution in [-0.2, 0) is 0 Å². The number of benzene rings is 2. The van der Waals surface area contributed by atoms with Crippen LogP contribution >= 0.6 is 22.9 Å². The lowest BCUT2D eigenvalue weighted by Gasteiger charge is -2.37. The van der Waals surface area contributed by atoms with E-state index < -0.39 is 23.3 Å². The Morgan fingerprint density at radius 1 is 1.14 bits per heavy atom. The van der Waals surface area contributed by atoms with Crippen LogP contribution in [0.5, 0.6) is 6.01 Å². The maximum atomic E-state index is 16.7. The summed E-state index contributed by atoms with van der Waals surface area (Å²) in [6.07, 6.45) is 3.30. The molecule has 2 aromatic carbocycles. The highest BCUT2D eigenvalue weighted by Gasteiger charge is 2.49. The minimum absolute atomic E-state index is 0.0493. The van der Waals surface area contributed by atoms with Crippen molar-refractivity contribution in [3.05, 3.63) is 34.9 Å². The van der Waals surface area contributed by atoms with Gasteiger partial charge in [-0.25, -0.2) is 18.2 Å². The number of anilines is 2. The summed E-state index contributed by atoms with van der Waals surface area (Å²) in [6.45, 7) is 3.05. The van der Waals surface area contributed by atoms with Gasteiger partial charge in [0, 0.05) is 54.7 Å². The summed E-state index contributed by atoms with van der Waals surface area (Å²) in [5.41, 5.74) is 6.19. The molecule has 3 N–H and O–H groups in total. The van der Waals surface area contributed by atoms with Crippen molar-refractivity contribution in [2.24, 2.45) is 0 Å². The SMILES string of the molecule is Nc1nc2c(-c3c(Cl)cc4c(N5[C@@H]6CC[C@H]5CNC6)nc(OC[C@@]56CCCN5C[C@H](F)C6)nc4c3F)ccc(F)c2s1. The van der Waals surface area contributed by atoms with Crippen molar-refractivity contribution in [1.29, 1.82) is 0 Å². The number of hydrogen-bond donors (Lipinski definition) is 2. The first-order chi connectivity index (χ1) is 20.3. The number of thiazole rings is 1. The number of piperazine rings is 1. The number of alkyl halides is 1. The lowest BCUT2D eigenvalue weighted by molar-refractivity contribution is 0.107. The highest BCUT2D eigenvalue weighted by molar-refractivity contribution is 7.22. The van der Waals surface area contributed by atoms with E-state index in [1.54, 1.807) is 6.07 Å². The topological polar surface area (TPSA) is 92.4 Å². The van der Waals surface area contributed by atoms with E-state index in [0.29, 0.717) is 29.7 Å². The zero-order chi connectivity index (χ0) is 28.7. The Kier molecular flexibility index (Phi) is 6.22. The Morgan fingerprint density at radius 2 is 1.95 bits per heavy atom. The van der Waals surface area contributed by atoms with Gasteiger partial charge in [0.2, 0.25) is 0 Å². The molecule has 0 radical (unpaired) electrons. The Hall–Kier alpha value is -2.93. The average Bonchev–Trinajstić information content (AvgIpc) is 3.68. The van der Waals surface area contributed by atoms with Crippen LogP contribution in [0.25, 0.3) is 32.2 Å². The Morgan fingerprint density at radius 3 is 2.76 bits per heavy atom. The van der Waals surface area contributed by atoms with Gasteiger partial charge in [-0.05, 0) is 50.4 Å². The van der Waals surface area contributed by atoms with Crippen LogP contribution in [0.15, 0.2) is 18.2 Å². The van der Waals surface area contributed by atoms with Gasteiger partial charge >= 0.3 is 6.01 Å². The van der Waals surface area contributed by atoms with E-state index in [-0.39, 0.29) is 56.2 Å². The molecule has 4 aliphatic heterocycles. The van der Waals surface area contributed by atoms with E-state index >= 15 is 4.39 Å². The van der Waals surface area contributed by atoms with Crippen molar-refractivity contribution in [2.45, 2.75) is 55.9 Å². The van der Waals surface area contributed by atoms with Crippen LogP contribution in [0.1, 0.15) is 32.1 Å². The van der Waals surface area contributed by atoms with Crippen LogP contribution in [-0.4, -0.2) is 76.4 Å². The van der Waals surface area contributed by atoms with Gasteiger partial charge in [-0.3, -0.25) is 4.90 Å². The fourth-order valence-corrected chi connectivity index (χ4v) is 8.69. The van der Waals surface area contributed by atoms with E-state index in [1.807, 2.05) is 0 Å². The van der Waals surface area contributed by atoms with E-state index in [1.165, 1.54) is 12.1 Å². The number of nitrogens with zero attached hydrogens (tertiary/aromatic N) is 5. The highest BCUT2D eigenvalue weighted by Crippen LogP contribution is 2.45. The predicted octanol–water partition coefficient (Wildman–Crippen LogP) is 5.32. The molecule has 8 nitrogen and oxygen atoms in total. The average molecular weight is 616 g/mol. The number of nitrogens with one attached hydrogen (secondary N) is 1. The molecule has 4 aromatic rings. The minimum atomic E-state index is -0.895. The number of rotatable bonds is 5. The summed E-state index contributed by atoms with van der Waals surface area (Å²) >= 11 is 7.80. The van der Waals surface area contributed by atoms with Gasteiger partial charge in [0.25, 0.3) is 0 Å². The van der Waals surface area contributed by atoms with Crippen LogP contribution in [0.2, 0.25) is 5.02 Å². The molecule has 0 unspecified atom stereocenters. The third-order valence-electron chi connectivity index (χ3n) is 9.48. The van der Waals surface area contributed by atoms with Gasteiger partial charge in [0.1, 0.15) is 29.9 Å².